The number of amides is 1. The average Bonchev–Trinajstić information content (AvgIpc) is 2.64. The lowest BCUT2D eigenvalue weighted by atomic mass is 10.1. The third kappa shape index (κ3) is 5.08. The third-order valence-corrected chi connectivity index (χ3v) is 6.07. The first kappa shape index (κ1) is 23.3. The molecule has 3 aromatic carbocycles. The molecule has 32 heavy (non-hydrogen) atoms. The Morgan fingerprint density at radius 2 is 1.53 bits per heavy atom. The molecular weight excluding hydrogens is 460 g/mol. The summed E-state index contributed by atoms with van der Waals surface area (Å²) in [6, 6.07) is 9.10. The first-order chi connectivity index (χ1) is 14.8. The van der Waals surface area contributed by atoms with E-state index < -0.39 is 35.9 Å². The minimum absolute atomic E-state index is 0.0289. The quantitative estimate of drug-likeness (QED) is 0.243. The summed E-state index contributed by atoms with van der Waals surface area (Å²) >= 11 is 0. The van der Waals surface area contributed by atoms with Crippen LogP contribution in [0.2, 0.25) is 0 Å². The van der Waals surface area contributed by atoms with Crippen LogP contribution in [0.1, 0.15) is 12.5 Å². The number of hydrogen-bond acceptors (Lipinski definition) is 8. The Morgan fingerprint density at radius 3 is 2.12 bits per heavy atom. The van der Waals surface area contributed by atoms with Crippen LogP contribution in [0, 0.1) is 6.92 Å². The van der Waals surface area contributed by atoms with Crippen molar-refractivity contribution in [1.82, 2.24) is 0 Å². The van der Waals surface area contributed by atoms with Crippen molar-refractivity contribution in [3.05, 3.63) is 48.0 Å². The molecule has 0 heterocycles. The molecule has 0 bridgehead atoms. The fraction of sp³-hybridized carbons (Fsp3) is 0.105. The maximum absolute atomic E-state index is 11.9. The highest BCUT2D eigenvalue weighted by molar-refractivity contribution is 7.86. The van der Waals surface area contributed by atoms with Gasteiger partial charge in [-0.05, 0) is 54.3 Å². The zero-order valence-corrected chi connectivity index (χ0v) is 18.4. The van der Waals surface area contributed by atoms with Gasteiger partial charge in [0.05, 0.1) is 5.69 Å². The molecule has 0 atom stereocenters. The van der Waals surface area contributed by atoms with Gasteiger partial charge in [0.15, 0.2) is 0 Å². The number of hydrogen-bond donors (Lipinski definition) is 4. The van der Waals surface area contributed by atoms with E-state index in [1.54, 1.807) is 6.92 Å². The molecular formula is C19H18N4O7S2. The predicted molar refractivity (Wildman–Crippen MR) is 118 cm³/mol. The number of nitrogens with two attached hydrogens (primary N) is 1. The molecule has 0 saturated carbocycles. The monoisotopic (exact) mass is 478 g/mol. The molecule has 0 spiro atoms. The fourth-order valence-corrected chi connectivity index (χ4v) is 4.45. The van der Waals surface area contributed by atoms with E-state index in [1.807, 2.05) is 0 Å². The number of aryl methyl sites for hydroxylation is 1. The molecule has 0 aliphatic carbocycles. The van der Waals surface area contributed by atoms with E-state index in [4.69, 9.17) is 5.73 Å². The van der Waals surface area contributed by atoms with Crippen molar-refractivity contribution in [2.24, 2.45) is 10.2 Å². The highest BCUT2D eigenvalue weighted by Gasteiger charge is 2.21. The molecule has 11 nitrogen and oxygen atoms in total. The topological polar surface area (TPSA) is 189 Å². The van der Waals surface area contributed by atoms with Gasteiger partial charge in [0.25, 0.3) is 20.2 Å². The van der Waals surface area contributed by atoms with Gasteiger partial charge in [-0.3, -0.25) is 13.9 Å². The molecule has 1 amide bonds. The van der Waals surface area contributed by atoms with Crippen LogP contribution in [0.25, 0.3) is 10.8 Å². The van der Waals surface area contributed by atoms with Gasteiger partial charge in [0, 0.05) is 18.0 Å². The summed E-state index contributed by atoms with van der Waals surface area (Å²) in [5, 5.41) is 10.4. The summed E-state index contributed by atoms with van der Waals surface area (Å²) in [5.41, 5.74) is 6.39. The molecule has 0 aliphatic heterocycles. The summed E-state index contributed by atoms with van der Waals surface area (Å²) in [7, 11) is -9.44. The largest absolute Gasteiger partial charge is 0.399 e. The third-order valence-electron chi connectivity index (χ3n) is 4.29. The Labute approximate surface area is 183 Å². The summed E-state index contributed by atoms with van der Waals surface area (Å²) in [6.07, 6.45) is 0. The highest BCUT2D eigenvalue weighted by atomic mass is 32.2. The number of benzene rings is 3. The predicted octanol–water partition coefficient (Wildman–Crippen LogP) is 3.60. The van der Waals surface area contributed by atoms with E-state index in [0.717, 1.165) is 12.1 Å². The van der Waals surface area contributed by atoms with Crippen molar-refractivity contribution in [1.29, 1.82) is 0 Å². The molecule has 3 aromatic rings. The molecule has 0 saturated heterocycles. The zero-order chi connectivity index (χ0) is 23.8. The summed E-state index contributed by atoms with van der Waals surface area (Å²) in [6.45, 7) is 2.82. The molecule has 0 unspecified atom stereocenters. The maximum atomic E-state index is 11.9. The van der Waals surface area contributed by atoms with E-state index in [2.05, 4.69) is 15.5 Å². The average molecular weight is 479 g/mol. The van der Waals surface area contributed by atoms with Crippen LogP contribution in [-0.4, -0.2) is 31.8 Å². The Kier molecular flexibility index (Phi) is 6.02. The Bertz CT molecular complexity index is 1500. The van der Waals surface area contributed by atoms with E-state index >= 15 is 0 Å². The molecule has 0 fully saturated rings. The highest BCUT2D eigenvalue weighted by Crippen LogP contribution is 2.36. The minimum atomic E-state index is -4.78. The lowest BCUT2D eigenvalue weighted by Crippen LogP contribution is -2.06. The van der Waals surface area contributed by atoms with E-state index in [9.17, 15) is 30.7 Å². The van der Waals surface area contributed by atoms with Crippen LogP contribution in [0.3, 0.4) is 0 Å². The number of carbonyl (C=O) groups excluding carboxylic acids is 1. The van der Waals surface area contributed by atoms with E-state index in [-0.39, 0.29) is 27.8 Å². The molecule has 0 aliphatic rings. The second kappa shape index (κ2) is 8.27. The van der Waals surface area contributed by atoms with Crippen molar-refractivity contribution in [2.75, 3.05) is 11.1 Å². The van der Waals surface area contributed by atoms with Gasteiger partial charge in [-0.15, -0.1) is 10.2 Å². The summed E-state index contributed by atoms with van der Waals surface area (Å²) in [5.74, 6) is -0.412. The normalized spacial score (nSPS) is 12.4. The van der Waals surface area contributed by atoms with Crippen LogP contribution in [0.5, 0.6) is 0 Å². The van der Waals surface area contributed by atoms with Crippen molar-refractivity contribution < 1.29 is 30.7 Å². The summed E-state index contributed by atoms with van der Waals surface area (Å²) in [4.78, 5) is 10.3. The maximum Gasteiger partial charge on any atom is 0.296 e. The second-order valence-corrected chi connectivity index (χ2v) is 9.69. The number of nitrogen functional groups attached to an aromatic ring is 1. The SMILES string of the molecule is CC(=O)Nc1cc(N)ccc1N=Nc1cc2c(S(=O)(=O)O)cc(C)cc2cc1S(=O)(=O)O. The molecule has 168 valence electrons. The molecule has 0 aromatic heterocycles. The number of carbonyl (C=O) groups is 1. The fourth-order valence-electron chi connectivity index (χ4n) is 3.02. The van der Waals surface area contributed by atoms with Crippen molar-refractivity contribution >= 4 is 59.7 Å². The van der Waals surface area contributed by atoms with Gasteiger partial charge in [-0.2, -0.15) is 16.8 Å². The smallest absolute Gasteiger partial charge is 0.296 e. The second-order valence-electron chi connectivity index (χ2n) is 6.91. The van der Waals surface area contributed by atoms with Gasteiger partial charge < -0.3 is 11.1 Å². The number of nitrogens with zero attached hydrogens (tertiary/aromatic N) is 2. The van der Waals surface area contributed by atoms with Crippen LogP contribution in [0.4, 0.5) is 22.7 Å². The van der Waals surface area contributed by atoms with Gasteiger partial charge in [0.1, 0.15) is 21.2 Å². The lowest BCUT2D eigenvalue weighted by Gasteiger charge is -2.10. The molecule has 0 radical (unpaired) electrons. The van der Waals surface area contributed by atoms with Gasteiger partial charge in [-0.1, -0.05) is 6.07 Å². The molecule has 3 rings (SSSR count). The van der Waals surface area contributed by atoms with E-state index in [1.165, 1.54) is 37.3 Å². The summed E-state index contributed by atoms with van der Waals surface area (Å²) < 4.78 is 66.8. The minimum Gasteiger partial charge on any atom is -0.399 e. The van der Waals surface area contributed by atoms with Crippen LogP contribution < -0.4 is 11.1 Å². The molecule has 13 heteroatoms. The number of fused-ring (bicyclic) bond motifs is 1. The number of azo groups is 1. The standard InChI is InChI=1S/C19H18N4O7S2/c1-10-5-12-7-19(32(28,29)30)17(9-14(12)18(6-10)31(25,26)27)23-22-15-4-3-13(20)8-16(15)21-11(2)24/h3-9H,20H2,1-2H3,(H,21,24)(H,25,26,27)(H,28,29,30). The Balaban J connectivity index is 2.28. The lowest BCUT2D eigenvalue weighted by molar-refractivity contribution is -0.114. The van der Waals surface area contributed by atoms with Crippen LogP contribution in [0.15, 0.2) is 62.5 Å². The first-order valence-electron chi connectivity index (χ1n) is 8.88. The number of rotatable bonds is 5. The van der Waals surface area contributed by atoms with Crippen molar-refractivity contribution in [3.8, 4) is 0 Å². The van der Waals surface area contributed by atoms with Gasteiger partial charge in [0.2, 0.25) is 5.91 Å². The van der Waals surface area contributed by atoms with Gasteiger partial charge >= 0.3 is 0 Å². The van der Waals surface area contributed by atoms with Crippen LogP contribution >= 0.6 is 0 Å². The van der Waals surface area contributed by atoms with Gasteiger partial charge in [-0.25, -0.2) is 0 Å². The van der Waals surface area contributed by atoms with Crippen molar-refractivity contribution in [3.63, 3.8) is 0 Å². The number of anilines is 2. The first-order valence-corrected chi connectivity index (χ1v) is 11.8. The van der Waals surface area contributed by atoms with Crippen molar-refractivity contribution in [2.45, 2.75) is 23.6 Å². The zero-order valence-electron chi connectivity index (χ0n) is 16.8. The van der Waals surface area contributed by atoms with E-state index in [0.29, 0.717) is 11.3 Å². The van der Waals surface area contributed by atoms with Crippen LogP contribution in [-0.2, 0) is 25.0 Å². The molecule has 5 N–H and O–H groups in total. The Morgan fingerprint density at radius 1 is 0.906 bits per heavy atom. The number of nitrogens with one attached hydrogen (secondary N) is 1. The Hall–Kier alpha value is -3.39.